The predicted octanol–water partition coefficient (Wildman–Crippen LogP) is 1.52. The lowest BCUT2D eigenvalue weighted by Crippen LogP contribution is -2.38. The molecule has 0 bridgehead atoms. The lowest BCUT2D eigenvalue weighted by atomic mass is 9.92. The Bertz CT molecular complexity index is 703. The maximum atomic E-state index is 11.7. The molecule has 5 heteroatoms. The van der Waals surface area contributed by atoms with Crippen LogP contribution in [0.1, 0.15) is 18.1 Å². The minimum Gasteiger partial charge on any atom is -0.423 e. The number of hydrogen-bond acceptors (Lipinski definition) is 5. The van der Waals surface area contributed by atoms with Gasteiger partial charge in [-0.1, -0.05) is 19.1 Å². The standard InChI is InChI=1S/C17H23NO4/c1-12-4-5-14-13(7-16(21)22-15(14)6-12)8-18(3)9-17(2,10-19)11-20/h4-7,19-20H,8-11H2,1-3H3. The smallest absolute Gasteiger partial charge is 0.336 e. The number of aryl methyl sites for hydroxylation is 1. The Hall–Kier alpha value is -1.69. The number of rotatable bonds is 6. The largest absolute Gasteiger partial charge is 0.423 e. The highest BCUT2D eigenvalue weighted by Gasteiger charge is 2.24. The van der Waals surface area contributed by atoms with Crippen LogP contribution in [0.25, 0.3) is 11.0 Å². The molecule has 0 aliphatic rings. The van der Waals surface area contributed by atoms with Gasteiger partial charge in [0, 0.05) is 30.0 Å². The zero-order valence-corrected chi connectivity index (χ0v) is 13.3. The Kier molecular flexibility index (Phi) is 5.01. The fourth-order valence-corrected chi connectivity index (χ4v) is 2.62. The first-order valence-corrected chi connectivity index (χ1v) is 7.30. The monoisotopic (exact) mass is 305 g/mol. The molecule has 0 fully saturated rings. The number of hydrogen-bond donors (Lipinski definition) is 2. The van der Waals surface area contributed by atoms with E-state index < -0.39 is 5.41 Å². The predicted molar refractivity (Wildman–Crippen MR) is 85.8 cm³/mol. The molecule has 22 heavy (non-hydrogen) atoms. The first-order valence-electron chi connectivity index (χ1n) is 7.30. The molecule has 0 amide bonds. The normalized spacial score (nSPS) is 12.3. The summed E-state index contributed by atoms with van der Waals surface area (Å²) >= 11 is 0. The average Bonchev–Trinajstić information content (AvgIpc) is 2.46. The van der Waals surface area contributed by atoms with Crippen LogP contribution >= 0.6 is 0 Å². The Morgan fingerprint density at radius 2 is 1.91 bits per heavy atom. The molecule has 1 aromatic heterocycles. The van der Waals surface area contributed by atoms with Gasteiger partial charge in [0.1, 0.15) is 5.58 Å². The molecule has 2 N–H and O–H groups in total. The third kappa shape index (κ3) is 3.74. The fraction of sp³-hybridized carbons (Fsp3) is 0.471. The molecule has 120 valence electrons. The second-order valence-electron chi connectivity index (χ2n) is 6.39. The lowest BCUT2D eigenvalue weighted by Gasteiger charge is -2.30. The van der Waals surface area contributed by atoms with Gasteiger partial charge in [-0.05, 0) is 31.2 Å². The van der Waals surface area contributed by atoms with E-state index in [9.17, 15) is 15.0 Å². The molecule has 0 radical (unpaired) electrons. The number of fused-ring (bicyclic) bond motifs is 1. The van der Waals surface area contributed by atoms with Crippen LogP contribution in [0.5, 0.6) is 0 Å². The molecule has 0 spiro atoms. The van der Waals surface area contributed by atoms with Crippen molar-refractivity contribution >= 4 is 11.0 Å². The summed E-state index contributed by atoms with van der Waals surface area (Å²) in [6, 6.07) is 7.29. The van der Waals surface area contributed by atoms with E-state index in [1.165, 1.54) is 6.07 Å². The number of nitrogens with zero attached hydrogens (tertiary/aromatic N) is 1. The number of aliphatic hydroxyl groups is 2. The van der Waals surface area contributed by atoms with E-state index in [-0.39, 0.29) is 18.8 Å². The van der Waals surface area contributed by atoms with Gasteiger partial charge in [0.25, 0.3) is 0 Å². The van der Waals surface area contributed by atoms with Gasteiger partial charge in [-0.3, -0.25) is 0 Å². The van der Waals surface area contributed by atoms with Crippen LogP contribution in [0.2, 0.25) is 0 Å². The second-order valence-corrected chi connectivity index (χ2v) is 6.39. The first kappa shape index (κ1) is 16.7. The average molecular weight is 305 g/mol. The molecule has 1 heterocycles. The van der Waals surface area contributed by atoms with E-state index in [0.29, 0.717) is 18.7 Å². The minimum absolute atomic E-state index is 0.0925. The van der Waals surface area contributed by atoms with Gasteiger partial charge in [-0.2, -0.15) is 0 Å². The molecular weight excluding hydrogens is 282 g/mol. The lowest BCUT2D eigenvalue weighted by molar-refractivity contribution is 0.0402. The van der Waals surface area contributed by atoms with E-state index in [0.717, 1.165) is 16.5 Å². The summed E-state index contributed by atoms with van der Waals surface area (Å²) in [4.78, 5) is 13.7. The Morgan fingerprint density at radius 3 is 2.55 bits per heavy atom. The maximum Gasteiger partial charge on any atom is 0.336 e. The highest BCUT2D eigenvalue weighted by Crippen LogP contribution is 2.21. The van der Waals surface area contributed by atoms with E-state index in [1.807, 2.05) is 44.0 Å². The highest BCUT2D eigenvalue weighted by atomic mass is 16.4. The molecule has 1 aromatic carbocycles. The third-order valence-electron chi connectivity index (χ3n) is 3.84. The summed E-state index contributed by atoms with van der Waals surface area (Å²) < 4.78 is 5.25. The summed E-state index contributed by atoms with van der Waals surface area (Å²) in [6.45, 7) is 4.65. The van der Waals surface area contributed by atoms with Crippen molar-refractivity contribution in [3.63, 3.8) is 0 Å². The zero-order valence-electron chi connectivity index (χ0n) is 13.3. The summed E-state index contributed by atoms with van der Waals surface area (Å²) in [5.41, 5.74) is 1.57. The molecular formula is C17H23NO4. The molecule has 0 aliphatic carbocycles. The molecule has 0 unspecified atom stereocenters. The van der Waals surface area contributed by atoms with Crippen molar-refractivity contribution in [2.45, 2.75) is 20.4 Å². The van der Waals surface area contributed by atoms with Crippen molar-refractivity contribution in [1.82, 2.24) is 4.90 Å². The van der Waals surface area contributed by atoms with Gasteiger partial charge >= 0.3 is 5.63 Å². The molecule has 2 aromatic rings. The van der Waals surface area contributed by atoms with Gasteiger partial charge in [0.05, 0.1) is 13.2 Å². The summed E-state index contributed by atoms with van der Waals surface area (Å²) in [6.07, 6.45) is 0. The van der Waals surface area contributed by atoms with Crippen molar-refractivity contribution in [3.05, 3.63) is 45.8 Å². The van der Waals surface area contributed by atoms with Gasteiger partial charge in [-0.15, -0.1) is 0 Å². The summed E-state index contributed by atoms with van der Waals surface area (Å²) in [7, 11) is 1.90. The quantitative estimate of drug-likeness (QED) is 0.792. The van der Waals surface area contributed by atoms with Crippen LogP contribution in [0, 0.1) is 12.3 Å². The second kappa shape index (κ2) is 6.60. The van der Waals surface area contributed by atoms with Crippen LogP contribution < -0.4 is 5.63 Å². The van der Waals surface area contributed by atoms with E-state index >= 15 is 0 Å². The number of benzene rings is 1. The van der Waals surface area contributed by atoms with E-state index in [1.54, 1.807) is 0 Å². The van der Waals surface area contributed by atoms with E-state index in [4.69, 9.17) is 4.42 Å². The van der Waals surface area contributed by atoms with Crippen molar-refractivity contribution in [1.29, 1.82) is 0 Å². The molecule has 0 saturated heterocycles. The molecule has 0 aliphatic heterocycles. The summed E-state index contributed by atoms with van der Waals surface area (Å²) in [5, 5.41) is 19.7. The Morgan fingerprint density at radius 1 is 1.23 bits per heavy atom. The SMILES string of the molecule is Cc1ccc2c(CN(C)CC(C)(CO)CO)cc(=O)oc2c1. The number of aliphatic hydroxyl groups excluding tert-OH is 2. The van der Waals surface area contributed by atoms with Crippen molar-refractivity contribution in [3.8, 4) is 0 Å². The molecule has 0 saturated carbocycles. The van der Waals surface area contributed by atoms with Gasteiger partial charge in [0.15, 0.2) is 0 Å². The van der Waals surface area contributed by atoms with Crippen LogP contribution in [0.3, 0.4) is 0 Å². The summed E-state index contributed by atoms with van der Waals surface area (Å²) in [5.74, 6) is 0. The van der Waals surface area contributed by atoms with E-state index in [2.05, 4.69) is 0 Å². The van der Waals surface area contributed by atoms with Crippen LogP contribution in [0.4, 0.5) is 0 Å². The zero-order chi connectivity index (χ0) is 16.3. The molecule has 5 nitrogen and oxygen atoms in total. The van der Waals surface area contributed by atoms with Crippen LogP contribution in [-0.4, -0.2) is 41.9 Å². The van der Waals surface area contributed by atoms with Crippen molar-refractivity contribution in [2.24, 2.45) is 5.41 Å². The van der Waals surface area contributed by atoms with Gasteiger partial charge in [-0.25, -0.2) is 4.79 Å². The third-order valence-corrected chi connectivity index (χ3v) is 3.84. The maximum absolute atomic E-state index is 11.7. The van der Waals surface area contributed by atoms with Crippen LogP contribution in [-0.2, 0) is 6.54 Å². The Balaban J connectivity index is 2.29. The van der Waals surface area contributed by atoms with Gasteiger partial charge < -0.3 is 19.5 Å². The topological polar surface area (TPSA) is 73.9 Å². The first-order chi connectivity index (χ1) is 10.4. The minimum atomic E-state index is -0.569. The van der Waals surface area contributed by atoms with Crippen LogP contribution in [0.15, 0.2) is 33.5 Å². The van der Waals surface area contributed by atoms with Crippen molar-refractivity contribution in [2.75, 3.05) is 26.8 Å². The van der Waals surface area contributed by atoms with Crippen molar-refractivity contribution < 1.29 is 14.6 Å². The highest BCUT2D eigenvalue weighted by molar-refractivity contribution is 5.80. The van der Waals surface area contributed by atoms with Gasteiger partial charge in [0.2, 0.25) is 0 Å². The Labute approximate surface area is 129 Å². The molecule has 2 rings (SSSR count). The molecule has 0 atom stereocenters. The fourth-order valence-electron chi connectivity index (χ4n) is 2.62.